The van der Waals surface area contributed by atoms with Gasteiger partial charge in [-0.25, -0.2) is 4.98 Å². The van der Waals surface area contributed by atoms with Crippen molar-refractivity contribution in [1.82, 2.24) is 20.2 Å². The second kappa shape index (κ2) is 5.12. The molecule has 2 N–H and O–H groups in total. The molecule has 1 aliphatic rings. The summed E-state index contributed by atoms with van der Waals surface area (Å²) in [7, 11) is 1.83. The molecule has 1 aliphatic heterocycles. The van der Waals surface area contributed by atoms with Crippen molar-refractivity contribution in [1.29, 1.82) is 0 Å². The highest BCUT2D eigenvalue weighted by Gasteiger charge is 2.24. The second-order valence-corrected chi connectivity index (χ2v) is 4.27. The maximum absolute atomic E-state index is 12.1. The molecule has 0 aromatic carbocycles. The number of amides is 1. The number of piperidine rings is 1. The number of rotatable bonds is 3. The molecule has 16 heavy (non-hydrogen) atoms. The van der Waals surface area contributed by atoms with Gasteiger partial charge in [0.25, 0.3) is 0 Å². The zero-order chi connectivity index (χ0) is 11.4. The average Bonchev–Trinajstić information content (AvgIpc) is 2.82. The second-order valence-electron chi connectivity index (χ2n) is 4.27. The van der Waals surface area contributed by atoms with E-state index in [0.29, 0.717) is 6.54 Å². The van der Waals surface area contributed by atoms with Crippen LogP contribution in [0.5, 0.6) is 0 Å². The standard InChI is InChI=1S/C11H18N4O/c1-15(8-10-13-5-6-14-10)11(16)9-3-2-4-12-7-9/h5-6,9,12H,2-4,7-8H2,1H3,(H,13,14)/t9-/m1/s1. The van der Waals surface area contributed by atoms with Crippen molar-refractivity contribution in [2.75, 3.05) is 20.1 Å². The van der Waals surface area contributed by atoms with E-state index in [2.05, 4.69) is 15.3 Å². The molecule has 1 aromatic rings. The van der Waals surface area contributed by atoms with Gasteiger partial charge in [-0.05, 0) is 19.4 Å². The number of carbonyl (C=O) groups is 1. The summed E-state index contributed by atoms with van der Waals surface area (Å²) < 4.78 is 0. The van der Waals surface area contributed by atoms with Gasteiger partial charge in [0.15, 0.2) is 0 Å². The number of hydrogen-bond donors (Lipinski definition) is 2. The fourth-order valence-corrected chi connectivity index (χ4v) is 2.06. The van der Waals surface area contributed by atoms with Crippen LogP contribution in [-0.4, -0.2) is 40.9 Å². The van der Waals surface area contributed by atoms with Gasteiger partial charge in [-0.3, -0.25) is 4.79 Å². The molecule has 1 fully saturated rings. The Bertz CT molecular complexity index is 330. The molecular weight excluding hydrogens is 204 g/mol. The van der Waals surface area contributed by atoms with E-state index in [0.717, 1.165) is 31.8 Å². The van der Waals surface area contributed by atoms with E-state index < -0.39 is 0 Å². The quantitative estimate of drug-likeness (QED) is 0.776. The van der Waals surface area contributed by atoms with Gasteiger partial charge in [-0.15, -0.1) is 0 Å². The highest BCUT2D eigenvalue weighted by molar-refractivity contribution is 5.78. The fraction of sp³-hybridized carbons (Fsp3) is 0.636. The van der Waals surface area contributed by atoms with Crippen LogP contribution in [0.25, 0.3) is 0 Å². The summed E-state index contributed by atoms with van der Waals surface area (Å²) >= 11 is 0. The molecule has 2 rings (SSSR count). The average molecular weight is 222 g/mol. The molecule has 0 spiro atoms. The van der Waals surface area contributed by atoms with Gasteiger partial charge in [0, 0.05) is 26.0 Å². The first-order valence-electron chi connectivity index (χ1n) is 5.71. The Labute approximate surface area is 95.2 Å². The first kappa shape index (κ1) is 11.1. The summed E-state index contributed by atoms with van der Waals surface area (Å²) in [5.41, 5.74) is 0. The lowest BCUT2D eigenvalue weighted by molar-refractivity contribution is -0.135. The lowest BCUT2D eigenvalue weighted by atomic mass is 9.98. The summed E-state index contributed by atoms with van der Waals surface area (Å²) in [6, 6.07) is 0. The third kappa shape index (κ3) is 2.61. The van der Waals surface area contributed by atoms with Crippen LogP contribution >= 0.6 is 0 Å². The van der Waals surface area contributed by atoms with Gasteiger partial charge in [0.2, 0.25) is 5.91 Å². The third-order valence-electron chi connectivity index (χ3n) is 2.96. The monoisotopic (exact) mass is 222 g/mol. The predicted octanol–water partition coefficient (Wildman–Crippen LogP) is 0.368. The Morgan fingerprint density at radius 1 is 1.69 bits per heavy atom. The van der Waals surface area contributed by atoms with E-state index in [-0.39, 0.29) is 11.8 Å². The van der Waals surface area contributed by atoms with E-state index in [4.69, 9.17) is 0 Å². The van der Waals surface area contributed by atoms with Gasteiger partial charge >= 0.3 is 0 Å². The Kier molecular flexibility index (Phi) is 3.56. The van der Waals surface area contributed by atoms with Gasteiger partial charge in [-0.1, -0.05) is 0 Å². The molecule has 0 unspecified atom stereocenters. The molecular formula is C11H18N4O. The molecule has 1 aromatic heterocycles. The zero-order valence-corrected chi connectivity index (χ0v) is 9.57. The molecule has 1 atom stereocenters. The number of nitrogens with zero attached hydrogens (tertiary/aromatic N) is 2. The van der Waals surface area contributed by atoms with Crippen LogP contribution in [-0.2, 0) is 11.3 Å². The summed E-state index contributed by atoms with van der Waals surface area (Å²) in [6.07, 6.45) is 5.56. The van der Waals surface area contributed by atoms with Crippen molar-refractivity contribution in [3.63, 3.8) is 0 Å². The minimum atomic E-state index is 0.133. The highest BCUT2D eigenvalue weighted by atomic mass is 16.2. The summed E-state index contributed by atoms with van der Waals surface area (Å²) in [6.45, 7) is 2.40. The minimum absolute atomic E-state index is 0.133. The van der Waals surface area contributed by atoms with Gasteiger partial charge < -0.3 is 15.2 Å². The molecule has 2 heterocycles. The largest absolute Gasteiger partial charge is 0.347 e. The Balaban J connectivity index is 1.88. The number of aromatic amines is 1. The Morgan fingerprint density at radius 2 is 2.56 bits per heavy atom. The molecule has 0 aliphatic carbocycles. The van der Waals surface area contributed by atoms with E-state index in [1.807, 2.05) is 7.05 Å². The number of imidazole rings is 1. The van der Waals surface area contributed by atoms with Gasteiger partial charge in [-0.2, -0.15) is 0 Å². The number of aromatic nitrogens is 2. The highest BCUT2D eigenvalue weighted by Crippen LogP contribution is 2.13. The number of hydrogen-bond acceptors (Lipinski definition) is 3. The number of H-pyrrole nitrogens is 1. The summed E-state index contributed by atoms with van der Waals surface area (Å²) in [4.78, 5) is 20.9. The fourth-order valence-electron chi connectivity index (χ4n) is 2.06. The van der Waals surface area contributed by atoms with Gasteiger partial charge in [0.05, 0.1) is 12.5 Å². The lowest BCUT2D eigenvalue weighted by Gasteiger charge is -2.26. The minimum Gasteiger partial charge on any atom is -0.347 e. The Hall–Kier alpha value is -1.36. The van der Waals surface area contributed by atoms with Crippen molar-refractivity contribution in [3.05, 3.63) is 18.2 Å². The van der Waals surface area contributed by atoms with Crippen LogP contribution in [0.4, 0.5) is 0 Å². The maximum atomic E-state index is 12.1. The van der Waals surface area contributed by atoms with E-state index in [1.165, 1.54) is 0 Å². The van der Waals surface area contributed by atoms with Crippen LogP contribution in [0.3, 0.4) is 0 Å². The van der Waals surface area contributed by atoms with Crippen molar-refractivity contribution in [3.8, 4) is 0 Å². The number of carbonyl (C=O) groups excluding carboxylic acids is 1. The SMILES string of the molecule is CN(Cc1ncc[nH]1)C(=O)[C@@H]1CCCNC1. The van der Waals surface area contributed by atoms with Crippen LogP contribution < -0.4 is 5.32 Å². The summed E-state index contributed by atoms with van der Waals surface area (Å²) in [5, 5.41) is 3.26. The van der Waals surface area contributed by atoms with Crippen LogP contribution in [0.15, 0.2) is 12.4 Å². The molecule has 0 saturated carbocycles. The first-order valence-corrected chi connectivity index (χ1v) is 5.71. The van der Waals surface area contributed by atoms with Crippen LogP contribution in [0.1, 0.15) is 18.7 Å². The third-order valence-corrected chi connectivity index (χ3v) is 2.96. The van der Waals surface area contributed by atoms with E-state index >= 15 is 0 Å². The molecule has 88 valence electrons. The van der Waals surface area contributed by atoms with Crippen molar-refractivity contribution < 1.29 is 4.79 Å². The van der Waals surface area contributed by atoms with Crippen molar-refractivity contribution in [2.45, 2.75) is 19.4 Å². The lowest BCUT2D eigenvalue weighted by Crippen LogP contribution is -2.41. The smallest absolute Gasteiger partial charge is 0.227 e. The molecule has 1 amide bonds. The zero-order valence-electron chi connectivity index (χ0n) is 9.57. The van der Waals surface area contributed by atoms with Crippen molar-refractivity contribution in [2.24, 2.45) is 5.92 Å². The summed E-state index contributed by atoms with van der Waals surface area (Å²) in [5.74, 6) is 1.18. The van der Waals surface area contributed by atoms with E-state index in [1.54, 1.807) is 17.3 Å². The molecule has 1 saturated heterocycles. The molecule has 5 heteroatoms. The van der Waals surface area contributed by atoms with Gasteiger partial charge in [0.1, 0.15) is 5.82 Å². The number of nitrogens with one attached hydrogen (secondary N) is 2. The van der Waals surface area contributed by atoms with Crippen LogP contribution in [0, 0.1) is 5.92 Å². The molecule has 0 radical (unpaired) electrons. The molecule has 0 bridgehead atoms. The molecule has 5 nitrogen and oxygen atoms in total. The topological polar surface area (TPSA) is 61.0 Å². The predicted molar refractivity (Wildman–Crippen MR) is 60.7 cm³/mol. The first-order chi connectivity index (χ1) is 7.77. The Morgan fingerprint density at radius 3 is 3.19 bits per heavy atom. The maximum Gasteiger partial charge on any atom is 0.227 e. The normalized spacial score (nSPS) is 20.7. The van der Waals surface area contributed by atoms with Crippen LogP contribution in [0.2, 0.25) is 0 Å². The van der Waals surface area contributed by atoms with E-state index in [9.17, 15) is 4.79 Å². The van der Waals surface area contributed by atoms with Crippen molar-refractivity contribution >= 4 is 5.91 Å².